The molecule has 1 unspecified atom stereocenters. The standard InChI is InChI=1S/C18H26N6O/c1-11(2)15(19)18(25)23-13-8-12(3)9-24(10-13)14-4-5-21-17-16(14)20-6-7-22-17/h4-7,11-13,15H,8-10,19H2,1-3H3,(H,23,25)/t12-,13+,15?/m0/s1. The highest BCUT2D eigenvalue weighted by atomic mass is 16.2. The summed E-state index contributed by atoms with van der Waals surface area (Å²) >= 11 is 0. The van der Waals surface area contributed by atoms with Gasteiger partial charge < -0.3 is 16.0 Å². The van der Waals surface area contributed by atoms with Gasteiger partial charge in [-0.1, -0.05) is 20.8 Å². The van der Waals surface area contributed by atoms with Crippen molar-refractivity contribution in [3.05, 3.63) is 24.7 Å². The Morgan fingerprint density at radius 2 is 1.96 bits per heavy atom. The first-order valence-corrected chi connectivity index (χ1v) is 8.82. The van der Waals surface area contributed by atoms with Crippen LogP contribution in [0.4, 0.5) is 5.69 Å². The highest BCUT2D eigenvalue weighted by molar-refractivity contribution is 5.85. The summed E-state index contributed by atoms with van der Waals surface area (Å²) in [4.78, 5) is 27.6. The summed E-state index contributed by atoms with van der Waals surface area (Å²) in [6.45, 7) is 7.77. The summed E-state index contributed by atoms with van der Waals surface area (Å²) in [6.07, 6.45) is 6.03. The third kappa shape index (κ3) is 3.87. The van der Waals surface area contributed by atoms with E-state index < -0.39 is 6.04 Å². The summed E-state index contributed by atoms with van der Waals surface area (Å²) in [5.41, 5.74) is 8.42. The SMILES string of the molecule is CC(C)C(N)C(=O)N[C@@H]1C[C@H](C)CN(c2ccnc3nccnc23)C1. The van der Waals surface area contributed by atoms with Crippen LogP contribution in [-0.2, 0) is 4.79 Å². The van der Waals surface area contributed by atoms with Crippen LogP contribution < -0.4 is 16.0 Å². The lowest BCUT2D eigenvalue weighted by molar-refractivity contribution is -0.124. The number of nitrogens with two attached hydrogens (primary N) is 1. The lowest BCUT2D eigenvalue weighted by Gasteiger charge is -2.38. The van der Waals surface area contributed by atoms with Crippen LogP contribution in [0.1, 0.15) is 27.2 Å². The summed E-state index contributed by atoms with van der Waals surface area (Å²) in [6, 6.07) is 1.56. The third-order valence-corrected chi connectivity index (χ3v) is 4.72. The Kier molecular flexibility index (Phi) is 5.13. The maximum absolute atomic E-state index is 12.3. The lowest BCUT2D eigenvalue weighted by atomic mass is 9.94. The van der Waals surface area contributed by atoms with E-state index in [1.54, 1.807) is 18.6 Å². The number of piperidine rings is 1. The van der Waals surface area contributed by atoms with E-state index in [2.05, 4.69) is 32.1 Å². The van der Waals surface area contributed by atoms with Crippen LogP contribution in [0.25, 0.3) is 11.2 Å². The molecule has 1 fully saturated rings. The first kappa shape index (κ1) is 17.5. The van der Waals surface area contributed by atoms with Crippen molar-refractivity contribution in [1.82, 2.24) is 20.3 Å². The Morgan fingerprint density at radius 1 is 1.24 bits per heavy atom. The maximum atomic E-state index is 12.3. The van der Waals surface area contributed by atoms with Gasteiger partial charge in [-0.15, -0.1) is 0 Å². The molecule has 3 rings (SSSR count). The molecule has 2 aromatic heterocycles. The zero-order valence-electron chi connectivity index (χ0n) is 15.0. The van der Waals surface area contributed by atoms with Crippen molar-refractivity contribution in [1.29, 1.82) is 0 Å². The van der Waals surface area contributed by atoms with Crippen LogP contribution in [-0.4, -0.2) is 46.0 Å². The topological polar surface area (TPSA) is 97.0 Å². The molecule has 1 aliphatic rings. The van der Waals surface area contributed by atoms with E-state index in [4.69, 9.17) is 5.73 Å². The molecular formula is C18H26N6O. The molecule has 0 aliphatic carbocycles. The van der Waals surface area contributed by atoms with Crippen LogP contribution in [0.2, 0.25) is 0 Å². The average molecular weight is 342 g/mol. The van der Waals surface area contributed by atoms with E-state index in [9.17, 15) is 4.79 Å². The summed E-state index contributed by atoms with van der Waals surface area (Å²) in [5, 5.41) is 3.12. The Morgan fingerprint density at radius 3 is 2.72 bits per heavy atom. The number of fused-ring (bicyclic) bond motifs is 1. The number of pyridine rings is 1. The van der Waals surface area contributed by atoms with Crippen molar-refractivity contribution in [2.24, 2.45) is 17.6 Å². The monoisotopic (exact) mass is 342 g/mol. The Bertz CT molecular complexity index is 744. The number of rotatable bonds is 4. The Hall–Kier alpha value is -2.28. The number of hydrogen-bond donors (Lipinski definition) is 2. The number of amides is 1. The van der Waals surface area contributed by atoms with Gasteiger partial charge in [0.1, 0.15) is 5.52 Å². The number of nitrogens with zero attached hydrogens (tertiary/aromatic N) is 4. The normalized spacial score (nSPS) is 22.2. The van der Waals surface area contributed by atoms with Gasteiger partial charge in [-0.2, -0.15) is 0 Å². The average Bonchev–Trinajstić information content (AvgIpc) is 2.59. The minimum absolute atomic E-state index is 0.0703. The number of carbonyl (C=O) groups excluding carboxylic acids is 1. The van der Waals surface area contributed by atoms with Gasteiger partial charge in [-0.3, -0.25) is 4.79 Å². The molecule has 3 atom stereocenters. The molecular weight excluding hydrogens is 316 g/mol. The van der Waals surface area contributed by atoms with Crippen molar-refractivity contribution in [3.63, 3.8) is 0 Å². The zero-order valence-corrected chi connectivity index (χ0v) is 15.0. The highest BCUT2D eigenvalue weighted by Gasteiger charge is 2.29. The number of nitrogens with one attached hydrogen (secondary N) is 1. The molecule has 134 valence electrons. The second kappa shape index (κ2) is 7.31. The van der Waals surface area contributed by atoms with E-state index in [0.29, 0.717) is 11.6 Å². The smallest absolute Gasteiger partial charge is 0.237 e. The number of carbonyl (C=O) groups is 1. The predicted octanol–water partition coefficient (Wildman–Crippen LogP) is 1.34. The number of hydrogen-bond acceptors (Lipinski definition) is 6. The van der Waals surface area contributed by atoms with Crippen LogP contribution in [0.15, 0.2) is 24.7 Å². The van der Waals surface area contributed by atoms with Crippen molar-refractivity contribution in [2.45, 2.75) is 39.3 Å². The van der Waals surface area contributed by atoms with Crippen LogP contribution in [0.3, 0.4) is 0 Å². The predicted molar refractivity (Wildman–Crippen MR) is 98.1 cm³/mol. The van der Waals surface area contributed by atoms with E-state index in [1.807, 2.05) is 19.9 Å². The van der Waals surface area contributed by atoms with Gasteiger partial charge >= 0.3 is 0 Å². The second-order valence-electron chi connectivity index (χ2n) is 7.28. The van der Waals surface area contributed by atoms with Gasteiger partial charge in [0.05, 0.1) is 11.7 Å². The molecule has 7 nitrogen and oxygen atoms in total. The van der Waals surface area contributed by atoms with Crippen molar-refractivity contribution in [3.8, 4) is 0 Å². The first-order chi connectivity index (χ1) is 12.0. The Labute approximate surface area is 148 Å². The van der Waals surface area contributed by atoms with Gasteiger partial charge in [0.15, 0.2) is 5.65 Å². The van der Waals surface area contributed by atoms with Gasteiger partial charge in [0.25, 0.3) is 0 Å². The minimum atomic E-state index is -0.474. The summed E-state index contributed by atoms with van der Waals surface area (Å²) < 4.78 is 0. The molecule has 1 aliphatic heterocycles. The van der Waals surface area contributed by atoms with Gasteiger partial charge in [-0.05, 0) is 24.3 Å². The molecule has 2 aromatic rings. The molecule has 25 heavy (non-hydrogen) atoms. The quantitative estimate of drug-likeness (QED) is 0.870. The fraction of sp³-hybridized carbons (Fsp3) is 0.556. The Balaban J connectivity index is 1.79. The van der Waals surface area contributed by atoms with E-state index >= 15 is 0 Å². The van der Waals surface area contributed by atoms with E-state index in [-0.39, 0.29) is 17.9 Å². The van der Waals surface area contributed by atoms with Gasteiger partial charge in [0, 0.05) is 37.7 Å². The van der Waals surface area contributed by atoms with Crippen LogP contribution in [0.5, 0.6) is 0 Å². The molecule has 0 radical (unpaired) electrons. The fourth-order valence-corrected chi connectivity index (χ4v) is 3.37. The molecule has 0 spiro atoms. The second-order valence-corrected chi connectivity index (χ2v) is 7.28. The number of aromatic nitrogens is 3. The van der Waals surface area contributed by atoms with E-state index in [0.717, 1.165) is 30.7 Å². The van der Waals surface area contributed by atoms with Crippen molar-refractivity contribution in [2.75, 3.05) is 18.0 Å². The molecule has 1 amide bonds. The minimum Gasteiger partial charge on any atom is -0.367 e. The van der Waals surface area contributed by atoms with E-state index in [1.165, 1.54) is 0 Å². The molecule has 0 saturated carbocycles. The summed E-state index contributed by atoms with van der Waals surface area (Å²) in [5.74, 6) is 0.499. The molecule has 7 heteroatoms. The van der Waals surface area contributed by atoms with Crippen molar-refractivity contribution >= 4 is 22.8 Å². The molecule has 3 N–H and O–H groups in total. The van der Waals surface area contributed by atoms with Crippen molar-refractivity contribution < 1.29 is 4.79 Å². The molecule has 0 aromatic carbocycles. The summed E-state index contributed by atoms with van der Waals surface area (Å²) in [7, 11) is 0. The lowest BCUT2D eigenvalue weighted by Crippen LogP contribution is -2.54. The molecule has 1 saturated heterocycles. The van der Waals surface area contributed by atoms with Gasteiger partial charge in [0.2, 0.25) is 5.91 Å². The largest absolute Gasteiger partial charge is 0.367 e. The van der Waals surface area contributed by atoms with Gasteiger partial charge in [-0.25, -0.2) is 15.0 Å². The number of anilines is 1. The maximum Gasteiger partial charge on any atom is 0.237 e. The fourth-order valence-electron chi connectivity index (χ4n) is 3.37. The molecule has 3 heterocycles. The zero-order chi connectivity index (χ0) is 18.0. The molecule has 0 bridgehead atoms. The first-order valence-electron chi connectivity index (χ1n) is 8.82. The van der Waals surface area contributed by atoms with Crippen LogP contribution in [0, 0.1) is 11.8 Å². The van der Waals surface area contributed by atoms with Crippen LogP contribution >= 0.6 is 0 Å². The highest BCUT2D eigenvalue weighted by Crippen LogP contribution is 2.27. The third-order valence-electron chi connectivity index (χ3n) is 4.72.